The molecular weight excluding hydrogens is 204 g/mol. The van der Waals surface area contributed by atoms with Gasteiger partial charge in [-0.1, -0.05) is 12.1 Å². The maximum atomic E-state index is 11.4. The van der Waals surface area contributed by atoms with Crippen LogP contribution in [0.5, 0.6) is 0 Å². The third kappa shape index (κ3) is 2.42. The summed E-state index contributed by atoms with van der Waals surface area (Å²) in [5.41, 5.74) is 1.71. The van der Waals surface area contributed by atoms with Crippen LogP contribution in [-0.4, -0.2) is 12.1 Å². The largest absolute Gasteiger partial charge is 0.464 e. The van der Waals surface area contributed by atoms with Crippen molar-refractivity contribution < 1.29 is 13.9 Å². The molecule has 0 aliphatic carbocycles. The molecule has 2 rings (SSSR count). The molecule has 0 radical (unpaired) electrons. The molecule has 0 N–H and O–H groups in total. The summed E-state index contributed by atoms with van der Waals surface area (Å²) < 4.78 is 10.3. The molecule has 3 nitrogen and oxygen atoms in total. The van der Waals surface area contributed by atoms with Gasteiger partial charge in [-0.2, -0.15) is 0 Å². The van der Waals surface area contributed by atoms with E-state index in [9.17, 15) is 4.79 Å². The lowest BCUT2D eigenvalue weighted by molar-refractivity contribution is -0.146. The summed E-state index contributed by atoms with van der Waals surface area (Å²) in [5, 5.41) is 1.04. The third-order valence-corrected chi connectivity index (χ3v) is 2.24. The van der Waals surface area contributed by atoms with Crippen molar-refractivity contribution in [1.82, 2.24) is 0 Å². The van der Waals surface area contributed by atoms with Crippen LogP contribution in [-0.2, 0) is 16.0 Å². The van der Waals surface area contributed by atoms with Crippen molar-refractivity contribution in [2.75, 3.05) is 0 Å². The van der Waals surface area contributed by atoms with Crippen LogP contribution in [0, 0.1) is 0 Å². The molecule has 0 saturated heterocycles. The lowest BCUT2D eigenvalue weighted by atomic mass is 10.1. The van der Waals surface area contributed by atoms with Crippen LogP contribution in [0.2, 0.25) is 0 Å². The minimum absolute atomic E-state index is 0.0696. The van der Waals surface area contributed by atoms with E-state index in [-0.39, 0.29) is 18.5 Å². The van der Waals surface area contributed by atoms with Gasteiger partial charge < -0.3 is 9.15 Å². The zero-order valence-corrected chi connectivity index (χ0v) is 9.40. The van der Waals surface area contributed by atoms with Gasteiger partial charge in [0.2, 0.25) is 0 Å². The molecule has 3 heteroatoms. The first-order valence-corrected chi connectivity index (χ1v) is 5.31. The second-order valence-corrected chi connectivity index (χ2v) is 4.01. The van der Waals surface area contributed by atoms with Gasteiger partial charge in [-0.25, -0.2) is 0 Å². The Morgan fingerprint density at radius 2 is 2.19 bits per heavy atom. The lowest BCUT2D eigenvalue weighted by Gasteiger charge is -2.07. The topological polar surface area (TPSA) is 39.4 Å². The molecule has 2 aromatic rings. The Kier molecular flexibility index (Phi) is 2.95. The number of hydrogen-bond acceptors (Lipinski definition) is 3. The highest BCUT2D eigenvalue weighted by atomic mass is 16.5. The highest BCUT2D eigenvalue weighted by Crippen LogP contribution is 2.17. The quantitative estimate of drug-likeness (QED) is 0.743. The average Bonchev–Trinajstić information content (AvgIpc) is 2.63. The van der Waals surface area contributed by atoms with Gasteiger partial charge >= 0.3 is 5.97 Å². The first-order chi connectivity index (χ1) is 7.65. The molecule has 0 atom stereocenters. The number of benzene rings is 1. The molecule has 0 amide bonds. The fraction of sp³-hybridized carbons (Fsp3) is 0.308. The van der Waals surface area contributed by atoms with Gasteiger partial charge in [0.25, 0.3) is 0 Å². The number of furan rings is 1. The number of ether oxygens (including phenoxy) is 1. The SMILES string of the molecule is CC(C)OC(=O)Cc1ccc2ccoc2c1. The minimum atomic E-state index is -0.207. The zero-order chi connectivity index (χ0) is 11.5. The van der Waals surface area contributed by atoms with E-state index in [4.69, 9.17) is 9.15 Å². The van der Waals surface area contributed by atoms with Crippen molar-refractivity contribution >= 4 is 16.9 Å². The highest BCUT2D eigenvalue weighted by Gasteiger charge is 2.08. The molecule has 16 heavy (non-hydrogen) atoms. The van der Waals surface area contributed by atoms with Crippen LogP contribution in [0.3, 0.4) is 0 Å². The summed E-state index contributed by atoms with van der Waals surface area (Å²) in [6, 6.07) is 7.62. The lowest BCUT2D eigenvalue weighted by Crippen LogP contribution is -2.13. The van der Waals surface area contributed by atoms with E-state index in [0.29, 0.717) is 0 Å². The molecule has 1 heterocycles. The van der Waals surface area contributed by atoms with Crippen molar-refractivity contribution in [2.24, 2.45) is 0 Å². The van der Waals surface area contributed by atoms with Crippen molar-refractivity contribution in [2.45, 2.75) is 26.4 Å². The molecule has 0 aliphatic rings. The predicted octanol–water partition coefficient (Wildman–Crippen LogP) is 2.93. The van der Waals surface area contributed by atoms with E-state index in [1.54, 1.807) is 6.26 Å². The van der Waals surface area contributed by atoms with Crippen LogP contribution in [0.15, 0.2) is 34.9 Å². The third-order valence-electron chi connectivity index (χ3n) is 2.24. The van der Waals surface area contributed by atoms with Crippen LogP contribution in [0.1, 0.15) is 19.4 Å². The number of carbonyl (C=O) groups is 1. The molecule has 0 bridgehead atoms. The van der Waals surface area contributed by atoms with E-state index in [1.807, 2.05) is 38.1 Å². The summed E-state index contributed by atoms with van der Waals surface area (Å²) in [6.07, 6.45) is 1.86. The predicted molar refractivity (Wildman–Crippen MR) is 61.1 cm³/mol. The second-order valence-electron chi connectivity index (χ2n) is 4.01. The fourth-order valence-corrected chi connectivity index (χ4v) is 1.58. The molecule has 84 valence electrons. The van der Waals surface area contributed by atoms with Crippen LogP contribution in [0.25, 0.3) is 11.0 Å². The van der Waals surface area contributed by atoms with Crippen molar-refractivity contribution in [1.29, 1.82) is 0 Å². The van der Waals surface area contributed by atoms with E-state index < -0.39 is 0 Å². The molecule has 0 unspecified atom stereocenters. The maximum absolute atomic E-state index is 11.4. The molecule has 1 aromatic carbocycles. The Balaban J connectivity index is 2.11. The number of carbonyl (C=O) groups excluding carboxylic acids is 1. The molecule has 1 aromatic heterocycles. The smallest absolute Gasteiger partial charge is 0.310 e. The van der Waals surface area contributed by atoms with Gasteiger partial charge in [-0.3, -0.25) is 4.79 Å². The standard InChI is InChI=1S/C13H14O3/c1-9(2)16-13(14)8-10-3-4-11-5-6-15-12(11)7-10/h3-7,9H,8H2,1-2H3. The van der Waals surface area contributed by atoms with Gasteiger partial charge in [-0.05, 0) is 31.5 Å². The Morgan fingerprint density at radius 1 is 1.38 bits per heavy atom. The first kappa shape index (κ1) is 10.7. The maximum Gasteiger partial charge on any atom is 0.310 e. The first-order valence-electron chi connectivity index (χ1n) is 5.31. The van der Waals surface area contributed by atoms with Gasteiger partial charge in [0.1, 0.15) is 5.58 Å². The fourth-order valence-electron chi connectivity index (χ4n) is 1.58. The van der Waals surface area contributed by atoms with Crippen molar-refractivity contribution in [3.8, 4) is 0 Å². The van der Waals surface area contributed by atoms with Crippen LogP contribution < -0.4 is 0 Å². The zero-order valence-electron chi connectivity index (χ0n) is 9.40. The molecular formula is C13H14O3. The Bertz CT molecular complexity index is 497. The summed E-state index contributed by atoms with van der Waals surface area (Å²) in [5.74, 6) is -0.207. The van der Waals surface area contributed by atoms with E-state index >= 15 is 0 Å². The van der Waals surface area contributed by atoms with E-state index in [0.717, 1.165) is 16.5 Å². The summed E-state index contributed by atoms with van der Waals surface area (Å²) in [7, 11) is 0. The summed E-state index contributed by atoms with van der Waals surface area (Å²) in [6.45, 7) is 3.68. The van der Waals surface area contributed by atoms with E-state index in [2.05, 4.69) is 0 Å². The van der Waals surface area contributed by atoms with Crippen molar-refractivity contribution in [3.05, 3.63) is 36.1 Å². The van der Waals surface area contributed by atoms with Gasteiger partial charge in [0.15, 0.2) is 0 Å². The normalized spacial score (nSPS) is 10.9. The Hall–Kier alpha value is -1.77. The number of hydrogen-bond donors (Lipinski definition) is 0. The highest BCUT2D eigenvalue weighted by molar-refractivity contribution is 5.80. The molecule has 0 aliphatic heterocycles. The van der Waals surface area contributed by atoms with Gasteiger partial charge in [0.05, 0.1) is 18.8 Å². The van der Waals surface area contributed by atoms with E-state index in [1.165, 1.54) is 0 Å². The Morgan fingerprint density at radius 3 is 2.94 bits per heavy atom. The average molecular weight is 218 g/mol. The summed E-state index contributed by atoms with van der Waals surface area (Å²) >= 11 is 0. The monoisotopic (exact) mass is 218 g/mol. The minimum Gasteiger partial charge on any atom is -0.464 e. The molecule has 0 spiro atoms. The van der Waals surface area contributed by atoms with Crippen LogP contribution >= 0.6 is 0 Å². The summed E-state index contributed by atoms with van der Waals surface area (Å²) in [4.78, 5) is 11.4. The van der Waals surface area contributed by atoms with Gasteiger partial charge in [-0.15, -0.1) is 0 Å². The van der Waals surface area contributed by atoms with Crippen molar-refractivity contribution in [3.63, 3.8) is 0 Å². The number of fused-ring (bicyclic) bond motifs is 1. The van der Waals surface area contributed by atoms with Crippen LogP contribution in [0.4, 0.5) is 0 Å². The van der Waals surface area contributed by atoms with Gasteiger partial charge in [0, 0.05) is 5.39 Å². The number of rotatable bonds is 3. The number of esters is 1. The molecule has 0 fully saturated rings. The molecule has 0 saturated carbocycles. The Labute approximate surface area is 94.0 Å². The second kappa shape index (κ2) is 4.39.